The molecule has 0 amide bonds. The van der Waals surface area contributed by atoms with Crippen LogP contribution < -0.4 is 0 Å². The molecule has 0 unspecified atom stereocenters. The van der Waals surface area contributed by atoms with Crippen LogP contribution in [0, 0.1) is 0 Å². The quantitative estimate of drug-likeness (QED) is 0.157. The van der Waals surface area contributed by atoms with Crippen LogP contribution in [-0.2, 0) is 16.0 Å². The molecule has 1 rings (SSSR count). The molecule has 1 aromatic rings. The third-order valence-electron chi connectivity index (χ3n) is 5.23. The average molecular weight is 403 g/mol. The van der Waals surface area contributed by atoms with Crippen molar-refractivity contribution in [2.75, 3.05) is 6.61 Å². The molecule has 0 aliphatic rings. The summed E-state index contributed by atoms with van der Waals surface area (Å²) in [6.07, 6.45) is 22.3. The molecule has 0 aliphatic heterocycles. The fraction of sp³-hybridized carbons (Fsp3) is 0.654. The maximum atomic E-state index is 11.7. The zero-order chi connectivity index (χ0) is 21.0. The van der Waals surface area contributed by atoms with Gasteiger partial charge in [-0.3, -0.25) is 4.79 Å². The number of hydrogen-bond donors (Lipinski definition) is 1. The number of benzene rings is 1. The van der Waals surface area contributed by atoms with Gasteiger partial charge in [-0.2, -0.15) is 0 Å². The summed E-state index contributed by atoms with van der Waals surface area (Å²) < 4.78 is 5.28. The Hall–Kier alpha value is -1.77. The van der Waals surface area contributed by atoms with Gasteiger partial charge in [-0.25, -0.2) is 0 Å². The van der Waals surface area contributed by atoms with E-state index in [1.807, 2.05) is 12.1 Å². The highest BCUT2D eigenvalue weighted by atomic mass is 16.5. The van der Waals surface area contributed by atoms with Crippen LogP contribution in [-0.4, -0.2) is 17.7 Å². The predicted molar refractivity (Wildman–Crippen MR) is 122 cm³/mol. The molecule has 0 aromatic heterocycles. The molecule has 29 heavy (non-hydrogen) atoms. The Morgan fingerprint density at radius 3 is 2.00 bits per heavy atom. The van der Waals surface area contributed by atoms with Gasteiger partial charge in [-0.1, -0.05) is 82.6 Å². The van der Waals surface area contributed by atoms with Gasteiger partial charge in [0.2, 0.25) is 0 Å². The van der Waals surface area contributed by atoms with E-state index in [2.05, 4.69) is 19.1 Å². The van der Waals surface area contributed by atoms with Crippen LogP contribution in [0.15, 0.2) is 36.4 Å². The molecule has 0 saturated carbocycles. The Morgan fingerprint density at radius 2 is 1.38 bits per heavy atom. The van der Waals surface area contributed by atoms with Crippen molar-refractivity contribution in [3.8, 4) is 5.75 Å². The minimum Gasteiger partial charge on any atom is -0.508 e. The summed E-state index contributed by atoms with van der Waals surface area (Å²) in [6, 6.07) is 7.02. The van der Waals surface area contributed by atoms with Crippen LogP contribution >= 0.6 is 0 Å². The van der Waals surface area contributed by atoms with Crippen molar-refractivity contribution in [3.05, 3.63) is 42.0 Å². The van der Waals surface area contributed by atoms with E-state index in [0.29, 0.717) is 19.4 Å². The largest absolute Gasteiger partial charge is 0.508 e. The first-order valence-electron chi connectivity index (χ1n) is 11.8. The van der Waals surface area contributed by atoms with E-state index >= 15 is 0 Å². The highest BCUT2D eigenvalue weighted by Crippen LogP contribution is 2.12. The molecule has 3 heteroatoms. The fourth-order valence-electron chi connectivity index (χ4n) is 3.36. The van der Waals surface area contributed by atoms with Gasteiger partial charge in [0.25, 0.3) is 0 Å². The molecule has 0 saturated heterocycles. The minimum atomic E-state index is -0.0959. The Morgan fingerprint density at radius 1 is 0.828 bits per heavy atom. The summed E-state index contributed by atoms with van der Waals surface area (Å²) in [4.78, 5) is 11.7. The van der Waals surface area contributed by atoms with Gasteiger partial charge >= 0.3 is 5.97 Å². The average Bonchev–Trinajstić information content (AvgIpc) is 2.72. The molecule has 0 heterocycles. The van der Waals surface area contributed by atoms with Crippen LogP contribution in [0.2, 0.25) is 0 Å². The molecule has 0 atom stereocenters. The summed E-state index contributed by atoms with van der Waals surface area (Å²) in [6.45, 7) is 2.67. The van der Waals surface area contributed by atoms with Crippen LogP contribution in [0.5, 0.6) is 5.75 Å². The molecule has 3 nitrogen and oxygen atoms in total. The first-order valence-corrected chi connectivity index (χ1v) is 11.8. The van der Waals surface area contributed by atoms with Gasteiger partial charge in [-0.05, 0) is 49.8 Å². The number of carbonyl (C=O) groups is 1. The van der Waals surface area contributed by atoms with Crippen molar-refractivity contribution in [3.63, 3.8) is 0 Å². The van der Waals surface area contributed by atoms with Crippen molar-refractivity contribution < 1.29 is 14.6 Å². The highest BCUT2D eigenvalue weighted by Gasteiger charge is 2.03. The molecule has 0 fully saturated rings. The van der Waals surface area contributed by atoms with Gasteiger partial charge in [-0.15, -0.1) is 0 Å². The number of allylic oxidation sites excluding steroid dienone is 2. The molecule has 1 N–H and O–H groups in total. The third kappa shape index (κ3) is 15.8. The number of rotatable bonds is 18. The lowest BCUT2D eigenvalue weighted by molar-refractivity contribution is -0.143. The standard InChI is InChI=1S/C26H42O3/c1-2-3-4-5-6-7-8-9-10-11-12-13-14-15-16-17-26(28)29-23-22-24-18-20-25(27)21-19-24/h9-10,18-21,27H,2-8,11-17,22-23H2,1H3/b10-9-. The zero-order valence-electron chi connectivity index (χ0n) is 18.5. The molecule has 0 aliphatic carbocycles. The molecule has 0 radical (unpaired) electrons. The van der Waals surface area contributed by atoms with Gasteiger partial charge in [0.05, 0.1) is 6.61 Å². The number of ether oxygens (including phenoxy) is 1. The first kappa shape index (κ1) is 25.3. The van der Waals surface area contributed by atoms with E-state index in [-0.39, 0.29) is 11.7 Å². The number of unbranched alkanes of at least 4 members (excludes halogenated alkanes) is 11. The number of hydrogen-bond acceptors (Lipinski definition) is 3. The topological polar surface area (TPSA) is 46.5 Å². The van der Waals surface area contributed by atoms with Crippen LogP contribution in [0.3, 0.4) is 0 Å². The van der Waals surface area contributed by atoms with Crippen molar-refractivity contribution in [2.24, 2.45) is 0 Å². The fourth-order valence-corrected chi connectivity index (χ4v) is 3.36. The minimum absolute atomic E-state index is 0.0959. The van der Waals surface area contributed by atoms with E-state index in [0.717, 1.165) is 18.4 Å². The Labute approximate surface area is 178 Å². The Bertz CT molecular complexity index is 533. The monoisotopic (exact) mass is 402 g/mol. The second-order valence-corrected chi connectivity index (χ2v) is 7.97. The number of esters is 1. The van der Waals surface area contributed by atoms with E-state index < -0.39 is 0 Å². The van der Waals surface area contributed by atoms with Gasteiger partial charge in [0, 0.05) is 12.8 Å². The van der Waals surface area contributed by atoms with Crippen molar-refractivity contribution in [2.45, 2.75) is 103 Å². The molecule has 0 bridgehead atoms. The lowest BCUT2D eigenvalue weighted by Gasteiger charge is -2.05. The maximum absolute atomic E-state index is 11.7. The molecule has 0 spiro atoms. The summed E-state index contributed by atoms with van der Waals surface area (Å²) in [5.74, 6) is 0.163. The van der Waals surface area contributed by atoms with Gasteiger partial charge < -0.3 is 9.84 Å². The van der Waals surface area contributed by atoms with Crippen LogP contribution in [0.4, 0.5) is 0 Å². The second kappa shape index (κ2) is 18.3. The molecular weight excluding hydrogens is 360 g/mol. The third-order valence-corrected chi connectivity index (χ3v) is 5.23. The summed E-state index contributed by atoms with van der Waals surface area (Å²) in [5, 5.41) is 9.24. The molecule has 164 valence electrons. The van der Waals surface area contributed by atoms with Crippen molar-refractivity contribution in [1.82, 2.24) is 0 Å². The predicted octanol–water partition coefficient (Wildman–Crippen LogP) is 7.52. The number of aromatic hydroxyl groups is 1. The molecular formula is C26H42O3. The van der Waals surface area contributed by atoms with Crippen molar-refractivity contribution in [1.29, 1.82) is 0 Å². The van der Waals surface area contributed by atoms with E-state index in [1.165, 1.54) is 70.6 Å². The van der Waals surface area contributed by atoms with E-state index in [1.54, 1.807) is 12.1 Å². The maximum Gasteiger partial charge on any atom is 0.305 e. The van der Waals surface area contributed by atoms with Gasteiger partial charge in [0.15, 0.2) is 0 Å². The van der Waals surface area contributed by atoms with Crippen molar-refractivity contribution >= 4 is 5.97 Å². The zero-order valence-corrected chi connectivity index (χ0v) is 18.5. The smallest absolute Gasteiger partial charge is 0.305 e. The Balaban J connectivity index is 1.83. The van der Waals surface area contributed by atoms with Crippen LogP contribution in [0.1, 0.15) is 102 Å². The SMILES string of the molecule is CCCCCCCC/C=C\CCCCCCCC(=O)OCCc1ccc(O)cc1. The highest BCUT2D eigenvalue weighted by molar-refractivity contribution is 5.69. The summed E-state index contributed by atoms with van der Waals surface area (Å²) in [5.41, 5.74) is 1.07. The number of carbonyl (C=O) groups excluding carboxylic acids is 1. The van der Waals surface area contributed by atoms with E-state index in [9.17, 15) is 9.90 Å². The summed E-state index contributed by atoms with van der Waals surface area (Å²) in [7, 11) is 0. The van der Waals surface area contributed by atoms with Crippen LogP contribution in [0.25, 0.3) is 0 Å². The number of phenols is 1. The first-order chi connectivity index (χ1) is 14.2. The summed E-state index contributed by atoms with van der Waals surface area (Å²) >= 11 is 0. The number of phenolic OH excluding ortho intramolecular Hbond substituents is 1. The molecule has 1 aromatic carbocycles. The second-order valence-electron chi connectivity index (χ2n) is 7.97. The lowest BCUT2D eigenvalue weighted by Crippen LogP contribution is -2.07. The van der Waals surface area contributed by atoms with E-state index in [4.69, 9.17) is 4.74 Å². The lowest BCUT2D eigenvalue weighted by atomic mass is 10.1. The normalized spacial score (nSPS) is 11.2. The van der Waals surface area contributed by atoms with Gasteiger partial charge in [0.1, 0.15) is 5.75 Å². The Kier molecular flexibility index (Phi) is 15.9.